The maximum atomic E-state index is 6.01. The van der Waals surface area contributed by atoms with Crippen LogP contribution in [0.4, 0.5) is 5.69 Å². The number of thioether (sulfide) groups is 1. The van der Waals surface area contributed by atoms with Crippen LogP contribution in [0.25, 0.3) is 0 Å². The first-order valence-corrected chi connectivity index (χ1v) is 7.31. The quantitative estimate of drug-likeness (QED) is 0.874. The normalized spacial score (nSPS) is 10.6. The molecule has 0 saturated heterocycles. The van der Waals surface area contributed by atoms with E-state index in [9.17, 15) is 0 Å². The lowest BCUT2D eigenvalue weighted by molar-refractivity contribution is 1.08. The number of rotatable bonds is 3. The minimum atomic E-state index is 0.770. The fourth-order valence-electron chi connectivity index (χ4n) is 1.55. The minimum Gasteiger partial charge on any atom is -0.398 e. The van der Waals surface area contributed by atoms with Crippen molar-refractivity contribution in [1.82, 2.24) is 9.97 Å². The highest BCUT2D eigenvalue weighted by Crippen LogP contribution is 2.29. The molecule has 0 aliphatic carbocycles. The molecule has 18 heavy (non-hydrogen) atoms. The Morgan fingerprint density at radius 3 is 2.83 bits per heavy atom. The van der Waals surface area contributed by atoms with Crippen molar-refractivity contribution in [3.63, 3.8) is 0 Å². The highest BCUT2D eigenvalue weighted by Gasteiger charge is 2.08. The van der Waals surface area contributed by atoms with Crippen molar-refractivity contribution in [2.24, 2.45) is 0 Å². The summed E-state index contributed by atoms with van der Waals surface area (Å²) in [5, 5.41) is 0.970. The number of aromatic nitrogens is 2. The van der Waals surface area contributed by atoms with E-state index in [1.807, 2.05) is 32.2 Å². The highest BCUT2D eigenvalue weighted by atomic mass is 79.9. The summed E-state index contributed by atoms with van der Waals surface area (Å²) in [7, 11) is 0. The predicted octanol–water partition coefficient (Wildman–Crippen LogP) is 3.73. The highest BCUT2D eigenvalue weighted by molar-refractivity contribution is 9.10. The Morgan fingerprint density at radius 2 is 2.11 bits per heavy atom. The topological polar surface area (TPSA) is 51.8 Å². The third-order valence-electron chi connectivity index (χ3n) is 2.75. The maximum Gasteiger partial charge on any atom is 0.111 e. The van der Waals surface area contributed by atoms with Crippen molar-refractivity contribution < 1.29 is 0 Å². The van der Waals surface area contributed by atoms with E-state index in [0.29, 0.717) is 0 Å². The van der Waals surface area contributed by atoms with Gasteiger partial charge >= 0.3 is 0 Å². The SMILES string of the molecule is Cc1cnc(CSc2ncccc2Br)c(C)c1N. The van der Waals surface area contributed by atoms with Crippen molar-refractivity contribution >= 4 is 33.4 Å². The molecular formula is C13H14BrN3S. The molecule has 2 rings (SSSR count). The molecule has 0 unspecified atom stereocenters. The number of aryl methyl sites for hydroxylation is 1. The summed E-state index contributed by atoms with van der Waals surface area (Å²) in [5.74, 6) is 0.770. The molecule has 2 N–H and O–H groups in total. The summed E-state index contributed by atoms with van der Waals surface area (Å²) in [6.07, 6.45) is 3.61. The van der Waals surface area contributed by atoms with Crippen LogP contribution in [0.5, 0.6) is 0 Å². The van der Waals surface area contributed by atoms with Gasteiger partial charge in [-0.3, -0.25) is 4.98 Å². The van der Waals surface area contributed by atoms with E-state index in [2.05, 4.69) is 25.9 Å². The van der Waals surface area contributed by atoms with Crippen molar-refractivity contribution in [3.8, 4) is 0 Å². The largest absolute Gasteiger partial charge is 0.398 e. The van der Waals surface area contributed by atoms with E-state index in [1.165, 1.54) is 0 Å². The van der Waals surface area contributed by atoms with Crippen LogP contribution in [0.2, 0.25) is 0 Å². The van der Waals surface area contributed by atoms with Crippen LogP contribution in [-0.2, 0) is 5.75 Å². The second-order valence-electron chi connectivity index (χ2n) is 4.01. The third kappa shape index (κ3) is 2.84. The Hall–Kier alpha value is -1.07. The summed E-state index contributed by atoms with van der Waals surface area (Å²) in [5.41, 5.74) is 9.95. The molecule has 2 heterocycles. The number of nitrogens with two attached hydrogens (primary N) is 1. The molecule has 0 aromatic carbocycles. The molecule has 0 spiro atoms. The number of halogens is 1. The summed E-state index contributed by atoms with van der Waals surface area (Å²) in [6, 6.07) is 3.89. The maximum absolute atomic E-state index is 6.01. The minimum absolute atomic E-state index is 0.770. The van der Waals surface area contributed by atoms with Gasteiger partial charge in [0.15, 0.2) is 0 Å². The monoisotopic (exact) mass is 323 g/mol. The van der Waals surface area contributed by atoms with E-state index in [0.717, 1.165) is 37.8 Å². The Labute approximate surface area is 119 Å². The first-order valence-electron chi connectivity index (χ1n) is 5.53. The number of nitrogen functional groups attached to an aromatic ring is 1. The van der Waals surface area contributed by atoms with Crippen molar-refractivity contribution in [1.29, 1.82) is 0 Å². The van der Waals surface area contributed by atoms with E-state index in [1.54, 1.807) is 18.0 Å². The van der Waals surface area contributed by atoms with Gasteiger partial charge in [0, 0.05) is 28.3 Å². The van der Waals surface area contributed by atoms with Crippen LogP contribution >= 0.6 is 27.7 Å². The van der Waals surface area contributed by atoms with E-state index in [-0.39, 0.29) is 0 Å². The molecule has 5 heteroatoms. The standard InChI is InChI=1S/C13H14BrN3S/c1-8-6-17-11(9(2)12(8)15)7-18-13-10(14)4-3-5-16-13/h3-6H,7H2,1-2H3,(H2,15,17). The predicted molar refractivity (Wildman–Crippen MR) is 79.6 cm³/mol. The van der Waals surface area contributed by atoms with Gasteiger partial charge in [-0.15, -0.1) is 0 Å². The summed E-state index contributed by atoms with van der Waals surface area (Å²) < 4.78 is 1.01. The van der Waals surface area contributed by atoms with Crippen LogP contribution in [0.3, 0.4) is 0 Å². The molecule has 2 aromatic rings. The lowest BCUT2D eigenvalue weighted by Crippen LogP contribution is -2.00. The fourth-order valence-corrected chi connectivity index (χ4v) is 3.06. The number of hydrogen-bond acceptors (Lipinski definition) is 4. The summed E-state index contributed by atoms with van der Waals surface area (Å²) in [4.78, 5) is 8.76. The number of hydrogen-bond donors (Lipinski definition) is 1. The zero-order valence-electron chi connectivity index (χ0n) is 10.3. The zero-order valence-corrected chi connectivity index (χ0v) is 12.7. The van der Waals surface area contributed by atoms with Crippen LogP contribution in [0, 0.1) is 13.8 Å². The van der Waals surface area contributed by atoms with Crippen molar-refractivity contribution in [2.45, 2.75) is 24.6 Å². The molecule has 0 saturated carbocycles. The Balaban J connectivity index is 2.17. The molecule has 0 radical (unpaired) electrons. The van der Waals surface area contributed by atoms with E-state index >= 15 is 0 Å². The second-order valence-corrected chi connectivity index (χ2v) is 5.82. The van der Waals surface area contributed by atoms with Gasteiger partial charge in [-0.05, 0) is 53.0 Å². The second kappa shape index (κ2) is 5.71. The first-order chi connectivity index (χ1) is 8.59. The molecular weight excluding hydrogens is 310 g/mol. The Kier molecular flexibility index (Phi) is 4.24. The van der Waals surface area contributed by atoms with E-state index < -0.39 is 0 Å². The van der Waals surface area contributed by atoms with E-state index in [4.69, 9.17) is 5.73 Å². The number of anilines is 1. The van der Waals surface area contributed by atoms with Crippen LogP contribution in [0.15, 0.2) is 34.0 Å². The molecule has 0 atom stereocenters. The molecule has 3 nitrogen and oxygen atoms in total. The average Bonchev–Trinajstić information content (AvgIpc) is 2.37. The molecule has 0 bridgehead atoms. The van der Waals surface area contributed by atoms with Crippen molar-refractivity contribution in [3.05, 3.63) is 45.8 Å². The molecule has 0 aliphatic rings. The van der Waals surface area contributed by atoms with Crippen LogP contribution < -0.4 is 5.73 Å². The van der Waals surface area contributed by atoms with Gasteiger partial charge < -0.3 is 5.73 Å². The van der Waals surface area contributed by atoms with Crippen LogP contribution in [-0.4, -0.2) is 9.97 Å². The molecule has 94 valence electrons. The number of nitrogens with zero attached hydrogens (tertiary/aromatic N) is 2. The molecule has 2 aromatic heterocycles. The fraction of sp³-hybridized carbons (Fsp3) is 0.231. The van der Waals surface area contributed by atoms with Gasteiger partial charge in [-0.1, -0.05) is 11.8 Å². The van der Waals surface area contributed by atoms with Gasteiger partial charge in [0.25, 0.3) is 0 Å². The van der Waals surface area contributed by atoms with Gasteiger partial charge in [-0.2, -0.15) is 0 Å². The van der Waals surface area contributed by atoms with Gasteiger partial charge in [-0.25, -0.2) is 4.98 Å². The van der Waals surface area contributed by atoms with Gasteiger partial charge in [0.05, 0.1) is 5.69 Å². The first kappa shape index (κ1) is 13.4. The summed E-state index contributed by atoms with van der Waals surface area (Å²) in [6.45, 7) is 3.99. The number of pyridine rings is 2. The lowest BCUT2D eigenvalue weighted by Gasteiger charge is -2.09. The molecule has 0 aliphatic heterocycles. The Morgan fingerprint density at radius 1 is 1.33 bits per heavy atom. The molecule has 0 amide bonds. The molecule has 0 fully saturated rings. The summed E-state index contributed by atoms with van der Waals surface area (Å²) >= 11 is 5.14. The zero-order chi connectivity index (χ0) is 13.1. The Bertz CT molecular complexity index is 572. The smallest absolute Gasteiger partial charge is 0.111 e. The van der Waals surface area contributed by atoms with Gasteiger partial charge in [0.1, 0.15) is 5.03 Å². The van der Waals surface area contributed by atoms with Gasteiger partial charge in [0.2, 0.25) is 0 Å². The lowest BCUT2D eigenvalue weighted by atomic mass is 10.1. The third-order valence-corrected chi connectivity index (χ3v) is 4.66. The van der Waals surface area contributed by atoms with Crippen LogP contribution in [0.1, 0.15) is 16.8 Å². The average molecular weight is 324 g/mol. The van der Waals surface area contributed by atoms with Crippen molar-refractivity contribution in [2.75, 3.05) is 5.73 Å².